The molecule has 1 heterocycles. The van der Waals surface area contributed by atoms with Crippen LogP contribution in [0.1, 0.15) is 21.5 Å². The highest BCUT2D eigenvalue weighted by molar-refractivity contribution is 7.89. The summed E-state index contributed by atoms with van der Waals surface area (Å²) in [5.74, 6) is -2.02. The van der Waals surface area contributed by atoms with Gasteiger partial charge in [-0.25, -0.2) is 17.5 Å². The predicted octanol–water partition coefficient (Wildman–Crippen LogP) is 1.13. The smallest absolute Gasteiger partial charge is 0.267 e. The number of sulfonamides is 1. The molecule has 1 aromatic heterocycles. The fourth-order valence-corrected chi connectivity index (χ4v) is 2.86. The van der Waals surface area contributed by atoms with Gasteiger partial charge in [-0.05, 0) is 18.6 Å². The van der Waals surface area contributed by atoms with E-state index in [9.17, 15) is 17.6 Å². The van der Waals surface area contributed by atoms with Crippen LogP contribution in [0.5, 0.6) is 0 Å². The first kappa shape index (κ1) is 15.2. The summed E-state index contributed by atoms with van der Waals surface area (Å²) in [6.45, 7) is 1.70. The molecule has 112 valence electrons. The zero-order valence-corrected chi connectivity index (χ0v) is 12.3. The second-order valence-corrected chi connectivity index (χ2v) is 6.41. The van der Waals surface area contributed by atoms with Crippen LogP contribution in [0.2, 0.25) is 0 Å². The highest BCUT2D eigenvalue weighted by Gasteiger charge is 2.19. The Labute approximate surface area is 121 Å². The fourth-order valence-electron chi connectivity index (χ4n) is 1.75. The number of halogens is 1. The zero-order chi connectivity index (χ0) is 15.6. The number of carbonyl (C=O) groups excluding carboxylic acids is 1. The van der Waals surface area contributed by atoms with Gasteiger partial charge in [-0.2, -0.15) is 5.10 Å². The Bertz CT molecular complexity index is 784. The van der Waals surface area contributed by atoms with Crippen molar-refractivity contribution in [1.29, 1.82) is 0 Å². The van der Waals surface area contributed by atoms with E-state index in [1.165, 1.54) is 29.2 Å². The molecule has 0 aliphatic heterocycles. The number of aromatic nitrogens is 2. The van der Waals surface area contributed by atoms with Crippen molar-refractivity contribution in [1.82, 2.24) is 14.5 Å². The summed E-state index contributed by atoms with van der Waals surface area (Å²) >= 11 is 0. The Morgan fingerprint density at radius 2 is 2.14 bits per heavy atom. The summed E-state index contributed by atoms with van der Waals surface area (Å²) in [6, 6.07) is 4.24. The van der Waals surface area contributed by atoms with Gasteiger partial charge in [0.05, 0.1) is 17.5 Å². The molecule has 0 saturated carbocycles. The van der Waals surface area contributed by atoms with Gasteiger partial charge >= 0.3 is 0 Å². The van der Waals surface area contributed by atoms with Crippen LogP contribution < -0.4 is 4.72 Å². The molecule has 8 heteroatoms. The molecule has 21 heavy (non-hydrogen) atoms. The molecule has 2 aromatic rings. The summed E-state index contributed by atoms with van der Waals surface area (Å²) < 4.78 is 40.7. The van der Waals surface area contributed by atoms with Gasteiger partial charge in [0, 0.05) is 18.8 Å². The Morgan fingerprint density at radius 1 is 1.43 bits per heavy atom. The van der Waals surface area contributed by atoms with Gasteiger partial charge in [0.25, 0.3) is 5.91 Å². The van der Waals surface area contributed by atoms with Crippen LogP contribution in [-0.4, -0.2) is 24.1 Å². The summed E-state index contributed by atoms with van der Waals surface area (Å²) in [5, 5.41) is 3.78. The number of amides is 1. The van der Waals surface area contributed by atoms with Gasteiger partial charge in [0.1, 0.15) is 5.82 Å². The van der Waals surface area contributed by atoms with Crippen LogP contribution in [-0.2, 0) is 22.8 Å². The van der Waals surface area contributed by atoms with E-state index >= 15 is 0 Å². The molecule has 0 aliphatic carbocycles. The summed E-state index contributed by atoms with van der Waals surface area (Å²) in [5.41, 5.74) is 0.811. The van der Waals surface area contributed by atoms with Crippen molar-refractivity contribution in [3.63, 3.8) is 0 Å². The molecule has 1 aromatic carbocycles. The fraction of sp³-hybridized carbons (Fsp3) is 0.231. The third-order valence-electron chi connectivity index (χ3n) is 2.77. The first-order valence-corrected chi connectivity index (χ1v) is 7.70. The SMILES string of the molecule is Cc1ccc(CS(=O)(=O)NC(=O)c2cnn(C)c2)c(F)c1. The lowest BCUT2D eigenvalue weighted by Crippen LogP contribution is -2.31. The number of hydrogen-bond donors (Lipinski definition) is 1. The van der Waals surface area contributed by atoms with Crippen molar-refractivity contribution < 1.29 is 17.6 Å². The summed E-state index contributed by atoms with van der Waals surface area (Å²) in [6.07, 6.45) is 2.63. The van der Waals surface area contributed by atoms with Crippen LogP contribution in [0, 0.1) is 12.7 Å². The lowest BCUT2D eigenvalue weighted by atomic mass is 10.2. The van der Waals surface area contributed by atoms with Gasteiger partial charge < -0.3 is 0 Å². The minimum Gasteiger partial charge on any atom is -0.275 e. The molecule has 0 atom stereocenters. The van der Waals surface area contributed by atoms with Gasteiger partial charge in [-0.3, -0.25) is 9.48 Å². The van der Waals surface area contributed by atoms with E-state index in [0.717, 1.165) is 0 Å². The standard InChI is InChI=1S/C13H14FN3O3S/c1-9-3-4-10(12(14)5-9)8-21(19,20)16-13(18)11-6-15-17(2)7-11/h3-7H,8H2,1-2H3,(H,16,18). The maximum Gasteiger partial charge on any atom is 0.267 e. The molecular weight excluding hydrogens is 297 g/mol. The van der Waals surface area contributed by atoms with E-state index in [0.29, 0.717) is 5.56 Å². The predicted molar refractivity (Wildman–Crippen MR) is 74.4 cm³/mol. The van der Waals surface area contributed by atoms with Crippen LogP contribution in [0.25, 0.3) is 0 Å². The summed E-state index contributed by atoms with van der Waals surface area (Å²) in [7, 11) is -2.38. The van der Waals surface area contributed by atoms with Crippen molar-refractivity contribution in [3.05, 3.63) is 53.1 Å². The highest BCUT2D eigenvalue weighted by Crippen LogP contribution is 2.13. The largest absolute Gasteiger partial charge is 0.275 e. The highest BCUT2D eigenvalue weighted by atomic mass is 32.2. The van der Waals surface area contributed by atoms with Crippen molar-refractivity contribution in [2.45, 2.75) is 12.7 Å². The molecule has 0 radical (unpaired) electrons. The first-order chi connectivity index (χ1) is 9.77. The number of rotatable bonds is 4. The van der Waals surface area contributed by atoms with E-state index in [4.69, 9.17) is 0 Å². The Kier molecular flexibility index (Phi) is 4.08. The third-order valence-corrected chi connectivity index (χ3v) is 3.96. The molecule has 1 N–H and O–H groups in total. The first-order valence-electron chi connectivity index (χ1n) is 6.05. The number of nitrogens with zero attached hydrogens (tertiary/aromatic N) is 2. The summed E-state index contributed by atoms with van der Waals surface area (Å²) in [4.78, 5) is 11.8. The quantitative estimate of drug-likeness (QED) is 0.917. The van der Waals surface area contributed by atoms with Crippen LogP contribution in [0.3, 0.4) is 0 Å². The molecule has 0 aliphatic rings. The Hall–Kier alpha value is -2.22. The number of benzene rings is 1. The van der Waals surface area contributed by atoms with E-state index < -0.39 is 27.5 Å². The van der Waals surface area contributed by atoms with Gasteiger partial charge in [0.15, 0.2) is 0 Å². The molecule has 2 rings (SSSR count). The number of aryl methyl sites for hydroxylation is 2. The van der Waals surface area contributed by atoms with Gasteiger partial charge in [-0.15, -0.1) is 0 Å². The van der Waals surface area contributed by atoms with Crippen molar-refractivity contribution >= 4 is 15.9 Å². The number of nitrogens with one attached hydrogen (secondary N) is 1. The number of carbonyl (C=O) groups is 1. The second-order valence-electron chi connectivity index (χ2n) is 4.69. The van der Waals surface area contributed by atoms with Crippen LogP contribution >= 0.6 is 0 Å². The monoisotopic (exact) mass is 311 g/mol. The maximum absolute atomic E-state index is 13.7. The number of hydrogen-bond acceptors (Lipinski definition) is 4. The van der Waals surface area contributed by atoms with E-state index in [2.05, 4.69) is 5.10 Å². The minimum atomic E-state index is -3.98. The van der Waals surface area contributed by atoms with Gasteiger partial charge in [0.2, 0.25) is 10.0 Å². The maximum atomic E-state index is 13.7. The molecule has 0 fully saturated rings. The average molecular weight is 311 g/mol. The zero-order valence-electron chi connectivity index (χ0n) is 11.5. The molecule has 6 nitrogen and oxygen atoms in total. The Morgan fingerprint density at radius 3 is 2.71 bits per heavy atom. The molecular formula is C13H14FN3O3S. The van der Waals surface area contributed by atoms with Crippen LogP contribution in [0.4, 0.5) is 4.39 Å². The van der Waals surface area contributed by atoms with Crippen molar-refractivity contribution in [3.8, 4) is 0 Å². The van der Waals surface area contributed by atoms with Crippen LogP contribution in [0.15, 0.2) is 30.6 Å². The second kappa shape index (κ2) is 5.65. The van der Waals surface area contributed by atoms with Crippen molar-refractivity contribution in [2.75, 3.05) is 0 Å². The molecule has 1 amide bonds. The van der Waals surface area contributed by atoms with Crippen molar-refractivity contribution in [2.24, 2.45) is 7.05 Å². The Balaban J connectivity index is 2.13. The third kappa shape index (κ3) is 3.88. The molecule has 0 saturated heterocycles. The van der Waals surface area contributed by atoms with E-state index in [1.807, 2.05) is 4.72 Å². The molecule has 0 spiro atoms. The van der Waals surface area contributed by atoms with E-state index in [1.54, 1.807) is 20.0 Å². The van der Waals surface area contributed by atoms with Gasteiger partial charge in [-0.1, -0.05) is 12.1 Å². The van der Waals surface area contributed by atoms with E-state index in [-0.39, 0.29) is 11.1 Å². The molecule has 0 bridgehead atoms. The lowest BCUT2D eigenvalue weighted by Gasteiger charge is -2.07. The molecule has 0 unspecified atom stereocenters. The average Bonchev–Trinajstić information content (AvgIpc) is 2.79. The lowest BCUT2D eigenvalue weighted by molar-refractivity contribution is 0.0981. The normalized spacial score (nSPS) is 11.4. The topological polar surface area (TPSA) is 81.1 Å². The minimum absolute atomic E-state index is 0.00656.